The lowest BCUT2D eigenvalue weighted by Crippen LogP contribution is -2.30. The van der Waals surface area contributed by atoms with Crippen molar-refractivity contribution in [1.82, 2.24) is 0 Å². The highest BCUT2D eigenvalue weighted by molar-refractivity contribution is 5.95. The van der Waals surface area contributed by atoms with Crippen LogP contribution < -0.4 is 5.32 Å². The molecule has 0 amide bonds. The minimum absolute atomic E-state index is 0.147. The van der Waals surface area contributed by atoms with Gasteiger partial charge in [-0.05, 0) is 29.5 Å². The molecule has 2 aromatic carbocycles. The Hall–Kier alpha value is -2.55. The summed E-state index contributed by atoms with van der Waals surface area (Å²) >= 11 is 0. The summed E-state index contributed by atoms with van der Waals surface area (Å²) in [6.45, 7) is 0. The van der Waals surface area contributed by atoms with Gasteiger partial charge in [0.05, 0.1) is 17.3 Å². The van der Waals surface area contributed by atoms with Crippen LogP contribution in [0.2, 0.25) is 0 Å². The van der Waals surface area contributed by atoms with Crippen LogP contribution in [0.3, 0.4) is 0 Å². The number of hydrogen-bond acceptors (Lipinski definition) is 2. The van der Waals surface area contributed by atoms with E-state index >= 15 is 0 Å². The van der Waals surface area contributed by atoms with Gasteiger partial charge >= 0.3 is 5.97 Å². The molecule has 0 saturated carbocycles. The van der Waals surface area contributed by atoms with E-state index in [1.165, 1.54) is 5.56 Å². The van der Waals surface area contributed by atoms with Gasteiger partial charge in [-0.15, -0.1) is 0 Å². The molecule has 22 heavy (non-hydrogen) atoms. The second-order valence-corrected chi connectivity index (χ2v) is 5.96. The summed E-state index contributed by atoms with van der Waals surface area (Å²) in [4.78, 5) is 11.6. The highest BCUT2D eigenvalue weighted by Crippen LogP contribution is 2.50. The first-order valence-electron chi connectivity index (χ1n) is 7.60. The van der Waals surface area contributed by atoms with E-state index in [1.807, 2.05) is 30.3 Å². The Balaban J connectivity index is 1.85. The predicted molar refractivity (Wildman–Crippen MR) is 86.2 cm³/mol. The Morgan fingerprint density at radius 3 is 2.68 bits per heavy atom. The molecule has 1 heterocycles. The van der Waals surface area contributed by atoms with E-state index in [9.17, 15) is 9.90 Å². The summed E-state index contributed by atoms with van der Waals surface area (Å²) in [7, 11) is 0. The van der Waals surface area contributed by atoms with Gasteiger partial charge in [-0.3, -0.25) is 0 Å². The summed E-state index contributed by atoms with van der Waals surface area (Å²) in [6, 6.07) is 16.0. The average Bonchev–Trinajstić information content (AvgIpc) is 3.04. The first-order valence-corrected chi connectivity index (χ1v) is 7.60. The van der Waals surface area contributed by atoms with Crippen molar-refractivity contribution in [1.29, 1.82) is 0 Å². The normalized spacial score (nSPS) is 25.2. The molecular weight excluding hydrogens is 274 g/mol. The molecule has 110 valence electrons. The molecule has 2 aliphatic rings. The SMILES string of the molecule is O=C(O)c1cccc2c1NC(c1ccccc1)[C@H]1CC=C[C@@H]21. The molecule has 0 saturated heterocycles. The van der Waals surface area contributed by atoms with Crippen molar-refractivity contribution >= 4 is 11.7 Å². The van der Waals surface area contributed by atoms with Gasteiger partial charge in [0.2, 0.25) is 0 Å². The van der Waals surface area contributed by atoms with Gasteiger partial charge in [0, 0.05) is 5.92 Å². The maximum absolute atomic E-state index is 11.6. The second-order valence-electron chi connectivity index (χ2n) is 5.96. The van der Waals surface area contributed by atoms with Gasteiger partial charge in [-0.1, -0.05) is 54.6 Å². The zero-order valence-electron chi connectivity index (χ0n) is 12.1. The highest BCUT2D eigenvalue weighted by atomic mass is 16.4. The lowest BCUT2D eigenvalue weighted by Gasteiger charge is -2.38. The van der Waals surface area contributed by atoms with Crippen molar-refractivity contribution in [3.63, 3.8) is 0 Å². The third-order valence-corrected chi connectivity index (χ3v) is 4.79. The van der Waals surface area contributed by atoms with Crippen molar-refractivity contribution in [3.05, 3.63) is 77.4 Å². The lowest BCUT2D eigenvalue weighted by atomic mass is 9.76. The predicted octanol–water partition coefficient (Wildman–Crippen LogP) is 4.21. The zero-order chi connectivity index (χ0) is 15.1. The molecule has 0 aromatic heterocycles. The molecule has 0 bridgehead atoms. The number of rotatable bonds is 2. The third-order valence-electron chi connectivity index (χ3n) is 4.79. The van der Waals surface area contributed by atoms with Crippen molar-refractivity contribution in [2.45, 2.75) is 18.4 Å². The minimum atomic E-state index is -0.878. The van der Waals surface area contributed by atoms with Crippen LogP contribution in [-0.4, -0.2) is 11.1 Å². The molecule has 0 fully saturated rings. The van der Waals surface area contributed by atoms with E-state index in [-0.39, 0.29) is 6.04 Å². The van der Waals surface area contributed by atoms with Crippen molar-refractivity contribution in [2.75, 3.05) is 5.32 Å². The first kappa shape index (κ1) is 13.1. The van der Waals surface area contributed by atoms with Crippen LogP contribution in [0.25, 0.3) is 0 Å². The molecular formula is C19H17NO2. The molecule has 2 aromatic rings. The fourth-order valence-electron chi connectivity index (χ4n) is 3.79. The number of hydrogen-bond donors (Lipinski definition) is 2. The summed E-state index contributed by atoms with van der Waals surface area (Å²) < 4.78 is 0. The maximum Gasteiger partial charge on any atom is 0.337 e. The summed E-state index contributed by atoms with van der Waals surface area (Å²) in [5.74, 6) is -0.142. The summed E-state index contributed by atoms with van der Waals surface area (Å²) in [5, 5.41) is 13.0. The number of nitrogens with one attached hydrogen (secondary N) is 1. The molecule has 4 rings (SSSR count). The topological polar surface area (TPSA) is 49.3 Å². The van der Waals surface area contributed by atoms with E-state index in [1.54, 1.807) is 6.07 Å². The molecule has 0 radical (unpaired) electrons. The molecule has 1 unspecified atom stereocenters. The van der Waals surface area contributed by atoms with E-state index in [0.717, 1.165) is 17.7 Å². The van der Waals surface area contributed by atoms with E-state index < -0.39 is 5.97 Å². The van der Waals surface area contributed by atoms with Crippen LogP contribution in [0.5, 0.6) is 0 Å². The quantitative estimate of drug-likeness (QED) is 0.815. The van der Waals surface area contributed by atoms with E-state index in [4.69, 9.17) is 0 Å². The molecule has 2 N–H and O–H groups in total. The fraction of sp³-hybridized carbons (Fsp3) is 0.211. The summed E-state index contributed by atoms with van der Waals surface area (Å²) in [6.07, 6.45) is 5.47. The fourth-order valence-corrected chi connectivity index (χ4v) is 3.79. The molecule has 1 aliphatic heterocycles. The van der Waals surface area contributed by atoms with Gasteiger partial charge in [0.15, 0.2) is 0 Å². The van der Waals surface area contributed by atoms with Gasteiger partial charge in [0.1, 0.15) is 0 Å². The Morgan fingerprint density at radius 1 is 1.09 bits per heavy atom. The number of allylic oxidation sites excluding steroid dienone is 2. The number of fused-ring (bicyclic) bond motifs is 3. The average molecular weight is 291 g/mol. The maximum atomic E-state index is 11.6. The van der Waals surface area contributed by atoms with Crippen LogP contribution in [0.1, 0.15) is 39.9 Å². The minimum Gasteiger partial charge on any atom is -0.478 e. The molecule has 3 heteroatoms. The Morgan fingerprint density at radius 2 is 1.91 bits per heavy atom. The highest BCUT2D eigenvalue weighted by Gasteiger charge is 2.39. The number of para-hydroxylation sites is 1. The smallest absolute Gasteiger partial charge is 0.337 e. The second kappa shape index (κ2) is 5.02. The Kier molecular flexibility index (Phi) is 3.00. The number of carbonyl (C=O) groups is 1. The number of benzene rings is 2. The standard InChI is InChI=1S/C19H17NO2/c21-19(22)16-11-5-10-15-13-8-4-9-14(13)17(20-18(15)16)12-6-2-1-3-7-12/h1-8,10-11,13-14,17,20H,9H2,(H,21,22)/t13-,14+,17?/m1/s1. The van der Waals surface area contributed by atoms with Crippen LogP contribution in [0, 0.1) is 5.92 Å². The lowest BCUT2D eigenvalue weighted by molar-refractivity contribution is 0.0697. The van der Waals surface area contributed by atoms with Crippen molar-refractivity contribution < 1.29 is 9.90 Å². The Labute approximate surface area is 129 Å². The number of carboxylic acid groups (broad SMARTS) is 1. The largest absolute Gasteiger partial charge is 0.478 e. The zero-order valence-corrected chi connectivity index (χ0v) is 12.1. The first-order chi connectivity index (χ1) is 10.8. The van der Waals surface area contributed by atoms with Crippen LogP contribution in [-0.2, 0) is 0 Å². The number of aromatic carboxylic acids is 1. The van der Waals surface area contributed by atoms with Crippen molar-refractivity contribution in [3.8, 4) is 0 Å². The van der Waals surface area contributed by atoms with E-state index in [2.05, 4.69) is 29.6 Å². The van der Waals surface area contributed by atoms with Crippen molar-refractivity contribution in [2.24, 2.45) is 5.92 Å². The molecule has 1 aliphatic carbocycles. The van der Waals surface area contributed by atoms with Crippen LogP contribution in [0.4, 0.5) is 5.69 Å². The molecule has 3 nitrogen and oxygen atoms in total. The van der Waals surface area contributed by atoms with Gasteiger partial charge in [-0.2, -0.15) is 0 Å². The van der Waals surface area contributed by atoms with Gasteiger partial charge in [0.25, 0.3) is 0 Å². The van der Waals surface area contributed by atoms with Gasteiger partial charge in [-0.25, -0.2) is 4.79 Å². The van der Waals surface area contributed by atoms with E-state index in [0.29, 0.717) is 17.4 Å². The number of anilines is 1. The molecule has 3 atom stereocenters. The molecule has 0 spiro atoms. The Bertz CT molecular complexity index is 751. The van der Waals surface area contributed by atoms with Crippen LogP contribution in [0.15, 0.2) is 60.7 Å². The monoisotopic (exact) mass is 291 g/mol. The van der Waals surface area contributed by atoms with Crippen LogP contribution >= 0.6 is 0 Å². The number of carboxylic acids is 1. The third kappa shape index (κ3) is 1.93. The van der Waals surface area contributed by atoms with Gasteiger partial charge < -0.3 is 10.4 Å². The summed E-state index contributed by atoms with van der Waals surface area (Å²) in [5.41, 5.74) is 3.45.